The van der Waals surface area contributed by atoms with Crippen LogP contribution in [-0.4, -0.2) is 12.2 Å². The zero-order chi connectivity index (χ0) is 12.0. The van der Waals surface area contributed by atoms with Gasteiger partial charge in [-0.15, -0.1) is 0 Å². The number of nitrogens with one attached hydrogen (secondary N) is 1. The van der Waals surface area contributed by atoms with Crippen molar-refractivity contribution in [2.45, 2.75) is 32.8 Å². The molecule has 0 heterocycles. The summed E-state index contributed by atoms with van der Waals surface area (Å²) in [7, 11) is 0. The number of hydrogen-bond donors (Lipinski definition) is 1. The van der Waals surface area contributed by atoms with Gasteiger partial charge in [-0.1, -0.05) is 31.0 Å². The number of ether oxygens (including phenoxy) is 1. The predicted octanol–water partition coefficient (Wildman–Crippen LogP) is 4.08. The lowest BCUT2D eigenvalue weighted by Gasteiger charge is -2.12. The molecular weight excluding hydrogens is 226 g/mol. The summed E-state index contributed by atoms with van der Waals surface area (Å²) in [4.78, 5) is 11.4. The van der Waals surface area contributed by atoms with Gasteiger partial charge in [0.2, 0.25) is 0 Å². The molecule has 88 valence electrons. The minimum absolute atomic E-state index is 0.0656. The van der Waals surface area contributed by atoms with Gasteiger partial charge in [0, 0.05) is 10.7 Å². The van der Waals surface area contributed by atoms with Crippen molar-refractivity contribution in [1.82, 2.24) is 0 Å². The van der Waals surface area contributed by atoms with E-state index in [0.717, 1.165) is 12.8 Å². The standard InChI is InChI=1S/C12H16ClNO2/c1-3-5-9(2)16-12(15)14-11-7-4-6-10(13)8-11/h4,6-9H,3,5H2,1-2H3,(H,14,15)/t9-/m0/s1. The van der Waals surface area contributed by atoms with E-state index in [1.807, 2.05) is 6.92 Å². The van der Waals surface area contributed by atoms with Crippen LogP contribution in [0.15, 0.2) is 24.3 Å². The molecule has 1 aromatic rings. The molecule has 0 bridgehead atoms. The molecule has 0 saturated carbocycles. The third-order valence-electron chi connectivity index (χ3n) is 2.07. The van der Waals surface area contributed by atoms with Crippen molar-refractivity contribution in [2.75, 3.05) is 5.32 Å². The van der Waals surface area contributed by atoms with Gasteiger partial charge >= 0.3 is 6.09 Å². The van der Waals surface area contributed by atoms with Crippen molar-refractivity contribution >= 4 is 23.4 Å². The Labute approximate surface area is 101 Å². The number of carbonyl (C=O) groups is 1. The largest absolute Gasteiger partial charge is 0.446 e. The van der Waals surface area contributed by atoms with Crippen molar-refractivity contribution < 1.29 is 9.53 Å². The lowest BCUT2D eigenvalue weighted by Crippen LogP contribution is -2.19. The van der Waals surface area contributed by atoms with E-state index in [4.69, 9.17) is 16.3 Å². The quantitative estimate of drug-likeness (QED) is 0.863. The van der Waals surface area contributed by atoms with Crippen LogP contribution in [0.2, 0.25) is 5.02 Å². The molecule has 0 aliphatic carbocycles. The Morgan fingerprint density at radius 3 is 2.94 bits per heavy atom. The van der Waals surface area contributed by atoms with E-state index >= 15 is 0 Å². The number of halogens is 1. The van der Waals surface area contributed by atoms with Gasteiger partial charge in [-0.05, 0) is 31.5 Å². The second-order valence-electron chi connectivity index (χ2n) is 3.64. The van der Waals surface area contributed by atoms with E-state index in [1.54, 1.807) is 24.3 Å². The van der Waals surface area contributed by atoms with Gasteiger partial charge in [0.25, 0.3) is 0 Å². The Balaban J connectivity index is 2.45. The highest BCUT2D eigenvalue weighted by Gasteiger charge is 2.08. The average Bonchev–Trinajstić information content (AvgIpc) is 2.17. The summed E-state index contributed by atoms with van der Waals surface area (Å²) in [5.74, 6) is 0. The average molecular weight is 242 g/mol. The smallest absolute Gasteiger partial charge is 0.411 e. The molecule has 3 nitrogen and oxygen atoms in total. The van der Waals surface area contributed by atoms with Gasteiger partial charge in [-0.2, -0.15) is 0 Å². The van der Waals surface area contributed by atoms with E-state index in [1.165, 1.54) is 0 Å². The maximum atomic E-state index is 11.4. The molecule has 0 saturated heterocycles. The van der Waals surface area contributed by atoms with Crippen molar-refractivity contribution in [3.63, 3.8) is 0 Å². The van der Waals surface area contributed by atoms with Crippen molar-refractivity contribution in [3.8, 4) is 0 Å². The minimum atomic E-state index is -0.441. The Bertz CT molecular complexity index is 355. The van der Waals surface area contributed by atoms with Crippen LogP contribution < -0.4 is 5.32 Å². The molecule has 1 N–H and O–H groups in total. The number of benzene rings is 1. The number of amides is 1. The maximum Gasteiger partial charge on any atom is 0.411 e. The first kappa shape index (κ1) is 12.8. The maximum absolute atomic E-state index is 11.4. The first-order chi connectivity index (χ1) is 7.61. The highest BCUT2D eigenvalue weighted by Crippen LogP contribution is 2.15. The molecular formula is C12H16ClNO2. The number of hydrogen-bond acceptors (Lipinski definition) is 2. The Hall–Kier alpha value is -1.22. The summed E-state index contributed by atoms with van der Waals surface area (Å²) in [6, 6.07) is 6.95. The molecule has 16 heavy (non-hydrogen) atoms. The predicted molar refractivity (Wildman–Crippen MR) is 65.9 cm³/mol. The van der Waals surface area contributed by atoms with Crippen LogP contribution in [0.3, 0.4) is 0 Å². The summed E-state index contributed by atoms with van der Waals surface area (Å²) in [5, 5.41) is 3.21. The first-order valence-corrected chi connectivity index (χ1v) is 5.72. The lowest BCUT2D eigenvalue weighted by atomic mass is 10.2. The summed E-state index contributed by atoms with van der Waals surface area (Å²) in [6.45, 7) is 3.93. The highest BCUT2D eigenvalue weighted by molar-refractivity contribution is 6.30. The Kier molecular flexibility index (Phi) is 5.12. The van der Waals surface area contributed by atoms with Crippen molar-refractivity contribution in [2.24, 2.45) is 0 Å². The third-order valence-corrected chi connectivity index (χ3v) is 2.31. The van der Waals surface area contributed by atoms with Crippen LogP contribution in [0.4, 0.5) is 10.5 Å². The molecule has 0 aliphatic rings. The molecule has 0 aliphatic heterocycles. The van der Waals surface area contributed by atoms with Crippen LogP contribution in [0.25, 0.3) is 0 Å². The molecule has 0 radical (unpaired) electrons. The summed E-state index contributed by atoms with van der Waals surface area (Å²) < 4.78 is 5.14. The van der Waals surface area contributed by atoms with Crippen LogP contribution in [0, 0.1) is 0 Å². The second kappa shape index (κ2) is 6.38. The van der Waals surface area contributed by atoms with Gasteiger partial charge < -0.3 is 4.74 Å². The number of rotatable bonds is 4. The van der Waals surface area contributed by atoms with Gasteiger partial charge in [0.1, 0.15) is 6.10 Å². The zero-order valence-corrected chi connectivity index (χ0v) is 10.3. The normalized spacial score (nSPS) is 11.9. The van der Waals surface area contributed by atoms with Gasteiger partial charge in [-0.25, -0.2) is 4.79 Å². The molecule has 1 atom stereocenters. The van der Waals surface area contributed by atoms with Crippen molar-refractivity contribution in [3.05, 3.63) is 29.3 Å². The summed E-state index contributed by atoms with van der Waals surface area (Å²) >= 11 is 5.79. The molecule has 0 unspecified atom stereocenters. The second-order valence-corrected chi connectivity index (χ2v) is 4.08. The molecule has 0 aromatic heterocycles. The van der Waals surface area contributed by atoms with Gasteiger partial charge in [0.05, 0.1) is 0 Å². The van der Waals surface area contributed by atoms with E-state index in [2.05, 4.69) is 12.2 Å². The van der Waals surface area contributed by atoms with E-state index in [0.29, 0.717) is 10.7 Å². The SMILES string of the molecule is CCC[C@H](C)OC(=O)Nc1cccc(Cl)c1. The topological polar surface area (TPSA) is 38.3 Å². The first-order valence-electron chi connectivity index (χ1n) is 5.35. The number of anilines is 1. The van der Waals surface area contributed by atoms with E-state index in [9.17, 15) is 4.79 Å². The van der Waals surface area contributed by atoms with Crippen molar-refractivity contribution in [1.29, 1.82) is 0 Å². The van der Waals surface area contributed by atoms with Gasteiger partial charge in [-0.3, -0.25) is 5.32 Å². The fourth-order valence-electron chi connectivity index (χ4n) is 1.36. The molecule has 0 fully saturated rings. The Morgan fingerprint density at radius 1 is 1.56 bits per heavy atom. The van der Waals surface area contributed by atoms with E-state index in [-0.39, 0.29) is 6.10 Å². The summed E-state index contributed by atoms with van der Waals surface area (Å²) in [6.07, 6.45) is 1.35. The monoisotopic (exact) mass is 241 g/mol. The van der Waals surface area contributed by atoms with Crippen LogP contribution >= 0.6 is 11.6 Å². The summed E-state index contributed by atoms with van der Waals surface area (Å²) in [5.41, 5.74) is 0.640. The molecule has 0 spiro atoms. The third kappa shape index (κ3) is 4.53. The fraction of sp³-hybridized carbons (Fsp3) is 0.417. The van der Waals surface area contributed by atoms with Crippen LogP contribution in [0.5, 0.6) is 0 Å². The molecule has 1 rings (SSSR count). The van der Waals surface area contributed by atoms with Crippen LogP contribution in [0.1, 0.15) is 26.7 Å². The van der Waals surface area contributed by atoms with Crippen LogP contribution in [-0.2, 0) is 4.74 Å². The Morgan fingerprint density at radius 2 is 2.31 bits per heavy atom. The molecule has 1 aromatic carbocycles. The lowest BCUT2D eigenvalue weighted by molar-refractivity contribution is 0.115. The molecule has 1 amide bonds. The zero-order valence-electron chi connectivity index (χ0n) is 9.50. The van der Waals surface area contributed by atoms with E-state index < -0.39 is 6.09 Å². The van der Waals surface area contributed by atoms with Gasteiger partial charge in [0.15, 0.2) is 0 Å². The fourth-order valence-corrected chi connectivity index (χ4v) is 1.55. The minimum Gasteiger partial charge on any atom is -0.446 e. The highest BCUT2D eigenvalue weighted by atomic mass is 35.5. The number of carbonyl (C=O) groups excluding carboxylic acids is 1. The molecule has 4 heteroatoms.